The van der Waals surface area contributed by atoms with Gasteiger partial charge in [-0.1, -0.05) is 146 Å². The van der Waals surface area contributed by atoms with E-state index in [2.05, 4.69) is 158 Å². The number of hydrogen-bond acceptors (Lipinski definition) is 4. The first-order chi connectivity index (χ1) is 24.2. The monoisotopic (exact) mass is 643 g/mol. The minimum atomic E-state index is 0.638. The van der Waals surface area contributed by atoms with Crippen LogP contribution in [0.25, 0.3) is 87.7 Å². The number of rotatable bonds is 6. The fourth-order valence-electron chi connectivity index (χ4n) is 6.42. The first kappa shape index (κ1) is 29.0. The van der Waals surface area contributed by atoms with Crippen LogP contribution in [0.3, 0.4) is 0 Å². The molecule has 0 amide bonds. The summed E-state index contributed by atoms with van der Waals surface area (Å²) >= 11 is 1.80. The van der Waals surface area contributed by atoms with Crippen LogP contribution in [0.15, 0.2) is 176 Å². The van der Waals surface area contributed by atoms with Crippen LogP contribution in [0.1, 0.15) is 0 Å². The lowest BCUT2D eigenvalue weighted by molar-refractivity contribution is 1.07. The summed E-state index contributed by atoms with van der Waals surface area (Å²) < 4.78 is 2.49. The lowest BCUT2D eigenvalue weighted by atomic mass is 9.96. The number of benzene rings is 7. The predicted octanol–water partition coefficient (Wildman–Crippen LogP) is 12.2. The van der Waals surface area contributed by atoms with Crippen molar-refractivity contribution in [3.8, 4) is 67.5 Å². The summed E-state index contributed by atoms with van der Waals surface area (Å²) in [5, 5.41) is 2.52. The van der Waals surface area contributed by atoms with Gasteiger partial charge >= 0.3 is 0 Å². The van der Waals surface area contributed by atoms with Crippen molar-refractivity contribution < 1.29 is 0 Å². The van der Waals surface area contributed by atoms with Crippen LogP contribution in [0, 0.1) is 0 Å². The number of nitrogens with zero attached hydrogens (tertiary/aromatic N) is 3. The van der Waals surface area contributed by atoms with E-state index in [0.717, 1.165) is 44.5 Å². The minimum absolute atomic E-state index is 0.638. The van der Waals surface area contributed by atoms with Crippen molar-refractivity contribution >= 4 is 31.5 Å². The topological polar surface area (TPSA) is 38.7 Å². The SMILES string of the molecule is c1ccc(-c2ccc(-c3nc(-c4cc(-c5ccccc5)cc(-c5ccccc5)c4)nc(-c4ccc5c(c4)sc4ccccc45)n3)cc2)cc1. The van der Waals surface area contributed by atoms with Crippen LogP contribution in [0.5, 0.6) is 0 Å². The fraction of sp³-hybridized carbons (Fsp3) is 0. The molecule has 2 aromatic heterocycles. The Bertz CT molecular complexity index is 2520. The fourth-order valence-corrected chi connectivity index (χ4v) is 7.57. The van der Waals surface area contributed by atoms with Crippen molar-refractivity contribution in [3.05, 3.63) is 176 Å². The van der Waals surface area contributed by atoms with Gasteiger partial charge in [-0.2, -0.15) is 0 Å². The molecular weight excluding hydrogens is 615 g/mol. The number of fused-ring (bicyclic) bond motifs is 3. The molecule has 49 heavy (non-hydrogen) atoms. The molecule has 0 saturated carbocycles. The van der Waals surface area contributed by atoms with Gasteiger partial charge in [-0.15, -0.1) is 11.3 Å². The van der Waals surface area contributed by atoms with Gasteiger partial charge in [0.2, 0.25) is 0 Å². The third kappa shape index (κ3) is 5.69. The Hall–Kier alpha value is -6.23. The molecule has 0 radical (unpaired) electrons. The molecule has 0 spiro atoms. The highest BCUT2D eigenvalue weighted by atomic mass is 32.1. The Labute approximate surface area is 288 Å². The van der Waals surface area contributed by atoms with Crippen molar-refractivity contribution in [3.63, 3.8) is 0 Å². The van der Waals surface area contributed by atoms with E-state index in [1.807, 2.05) is 18.2 Å². The van der Waals surface area contributed by atoms with Crippen molar-refractivity contribution in [1.82, 2.24) is 15.0 Å². The van der Waals surface area contributed by atoms with Gasteiger partial charge in [-0.3, -0.25) is 0 Å². The molecule has 0 fully saturated rings. The molecule has 2 heterocycles. The van der Waals surface area contributed by atoms with E-state index in [1.165, 1.54) is 25.7 Å². The molecule has 0 aliphatic heterocycles. The predicted molar refractivity (Wildman–Crippen MR) is 205 cm³/mol. The van der Waals surface area contributed by atoms with Gasteiger partial charge in [0.1, 0.15) is 0 Å². The van der Waals surface area contributed by atoms with E-state index in [4.69, 9.17) is 15.0 Å². The summed E-state index contributed by atoms with van der Waals surface area (Å²) in [6, 6.07) is 61.7. The smallest absolute Gasteiger partial charge is 0.164 e. The molecule has 3 nitrogen and oxygen atoms in total. The first-order valence-electron chi connectivity index (χ1n) is 16.4. The lowest BCUT2D eigenvalue weighted by Gasteiger charge is -2.13. The zero-order valence-electron chi connectivity index (χ0n) is 26.5. The molecule has 0 saturated heterocycles. The third-order valence-electron chi connectivity index (χ3n) is 8.93. The second kappa shape index (κ2) is 12.4. The maximum atomic E-state index is 5.18. The number of aromatic nitrogens is 3. The van der Waals surface area contributed by atoms with Gasteiger partial charge in [0.05, 0.1) is 0 Å². The maximum absolute atomic E-state index is 5.18. The maximum Gasteiger partial charge on any atom is 0.164 e. The number of thiophene rings is 1. The minimum Gasteiger partial charge on any atom is -0.208 e. The van der Waals surface area contributed by atoms with Crippen LogP contribution < -0.4 is 0 Å². The Morgan fingerprint density at radius 3 is 1.29 bits per heavy atom. The second-order valence-electron chi connectivity index (χ2n) is 12.1. The average Bonchev–Trinajstić information content (AvgIpc) is 3.57. The molecular formula is C45H29N3S. The average molecular weight is 644 g/mol. The standard InChI is InChI=1S/C45H29N3S/c1-4-12-30(13-5-1)33-20-22-34(23-21-33)43-46-44(35-24-25-40-39-18-10-11-19-41(39)49-42(40)29-35)48-45(47-43)38-27-36(31-14-6-2-7-15-31)26-37(28-38)32-16-8-3-9-17-32/h1-29H. The number of hydrogen-bond donors (Lipinski definition) is 0. The summed E-state index contributed by atoms with van der Waals surface area (Å²) in [5.74, 6) is 1.93. The van der Waals surface area contributed by atoms with Gasteiger partial charge in [0, 0.05) is 36.9 Å². The molecule has 0 aliphatic rings. The summed E-state index contributed by atoms with van der Waals surface area (Å²) in [6.07, 6.45) is 0. The van der Waals surface area contributed by atoms with Gasteiger partial charge < -0.3 is 0 Å². The van der Waals surface area contributed by atoms with Gasteiger partial charge in [-0.05, 0) is 63.7 Å². The van der Waals surface area contributed by atoms with Gasteiger partial charge in [0.15, 0.2) is 17.5 Å². The molecule has 0 atom stereocenters. The zero-order valence-corrected chi connectivity index (χ0v) is 27.3. The van der Waals surface area contributed by atoms with Crippen LogP contribution in [0.2, 0.25) is 0 Å². The van der Waals surface area contributed by atoms with Crippen LogP contribution in [-0.4, -0.2) is 15.0 Å². The highest BCUT2D eigenvalue weighted by molar-refractivity contribution is 7.25. The van der Waals surface area contributed by atoms with E-state index >= 15 is 0 Å². The summed E-state index contributed by atoms with van der Waals surface area (Å²) in [5.41, 5.74) is 9.67. The molecule has 9 aromatic rings. The van der Waals surface area contributed by atoms with Crippen LogP contribution in [0.4, 0.5) is 0 Å². The first-order valence-corrected chi connectivity index (χ1v) is 17.2. The normalized spacial score (nSPS) is 11.3. The highest BCUT2D eigenvalue weighted by Crippen LogP contribution is 2.37. The van der Waals surface area contributed by atoms with E-state index < -0.39 is 0 Å². The molecule has 0 unspecified atom stereocenters. The Kier molecular flexibility index (Phi) is 7.34. The zero-order chi connectivity index (χ0) is 32.6. The largest absolute Gasteiger partial charge is 0.208 e. The lowest BCUT2D eigenvalue weighted by Crippen LogP contribution is -2.00. The summed E-state index contributed by atoms with van der Waals surface area (Å²) in [4.78, 5) is 15.4. The quantitative estimate of drug-likeness (QED) is 0.181. The Balaban J connectivity index is 1.23. The summed E-state index contributed by atoms with van der Waals surface area (Å²) in [6.45, 7) is 0. The van der Waals surface area contributed by atoms with Crippen molar-refractivity contribution in [2.45, 2.75) is 0 Å². The van der Waals surface area contributed by atoms with Crippen molar-refractivity contribution in [2.75, 3.05) is 0 Å². The molecule has 9 rings (SSSR count). The van der Waals surface area contributed by atoms with E-state index in [9.17, 15) is 0 Å². The molecule has 230 valence electrons. The van der Waals surface area contributed by atoms with Gasteiger partial charge in [-0.25, -0.2) is 15.0 Å². The van der Waals surface area contributed by atoms with Crippen molar-refractivity contribution in [1.29, 1.82) is 0 Å². The molecule has 0 aliphatic carbocycles. The Morgan fingerprint density at radius 1 is 0.265 bits per heavy atom. The third-order valence-corrected chi connectivity index (χ3v) is 10.1. The van der Waals surface area contributed by atoms with Gasteiger partial charge in [0.25, 0.3) is 0 Å². The Morgan fingerprint density at radius 2 is 0.673 bits per heavy atom. The van der Waals surface area contributed by atoms with E-state index in [0.29, 0.717) is 17.5 Å². The van der Waals surface area contributed by atoms with Crippen LogP contribution in [-0.2, 0) is 0 Å². The van der Waals surface area contributed by atoms with E-state index in [1.54, 1.807) is 11.3 Å². The molecule has 4 heteroatoms. The molecule has 7 aromatic carbocycles. The molecule has 0 N–H and O–H groups in total. The highest BCUT2D eigenvalue weighted by Gasteiger charge is 2.16. The summed E-state index contributed by atoms with van der Waals surface area (Å²) in [7, 11) is 0. The van der Waals surface area contributed by atoms with Crippen LogP contribution >= 0.6 is 11.3 Å². The molecule has 0 bridgehead atoms. The van der Waals surface area contributed by atoms with Crippen molar-refractivity contribution in [2.24, 2.45) is 0 Å². The second-order valence-corrected chi connectivity index (χ2v) is 13.2. The van der Waals surface area contributed by atoms with E-state index in [-0.39, 0.29) is 0 Å².